The summed E-state index contributed by atoms with van der Waals surface area (Å²) in [4.78, 5) is 28.1. The maximum absolute atomic E-state index is 12.1. The van der Waals surface area contributed by atoms with Gasteiger partial charge in [-0.2, -0.15) is 0 Å². The maximum atomic E-state index is 12.1. The summed E-state index contributed by atoms with van der Waals surface area (Å²) in [6, 6.07) is 0. The summed E-state index contributed by atoms with van der Waals surface area (Å²) in [5, 5.41) is 9.00. The van der Waals surface area contributed by atoms with Crippen molar-refractivity contribution in [3.05, 3.63) is 0 Å². The molecule has 0 aromatic carbocycles. The fourth-order valence-electron chi connectivity index (χ4n) is 4.83. The lowest BCUT2D eigenvalue weighted by Crippen LogP contribution is -2.37. The monoisotopic (exact) mass is 656 g/mol. The summed E-state index contributed by atoms with van der Waals surface area (Å²) >= 11 is 0. The van der Waals surface area contributed by atoms with Crippen LogP contribution in [-0.4, -0.2) is 69.3 Å². The highest BCUT2D eigenvalue weighted by Gasteiger charge is 2.19. The van der Waals surface area contributed by atoms with E-state index in [1.807, 2.05) is 21.1 Å². The SMILES string of the molecule is [2H]C(CCCCCCCCCCCCCCCCCCCCCCCC([2H])([2H])[2H])C(=O)OC[C@H](COP(=O)([O-])OCC[N+](C)(C)C)OO. The van der Waals surface area contributed by atoms with Crippen LogP contribution in [0, 0.1) is 0 Å². The van der Waals surface area contributed by atoms with Gasteiger partial charge < -0.3 is 23.2 Å². The zero-order chi connectivity index (χ0) is 36.2. The van der Waals surface area contributed by atoms with Crippen LogP contribution in [0.4, 0.5) is 0 Å². The second-order valence-corrected chi connectivity index (χ2v) is 14.5. The molecule has 9 nitrogen and oxygen atoms in total. The molecule has 0 saturated heterocycles. The number of phosphoric ester groups is 1. The van der Waals surface area contributed by atoms with Crippen molar-refractivity contribution >= 4 is 13.8 Å². The average Bonchev–Trinajstić information content (AvgIpc) is 2.99. The van der Waals surface area contributed by atoms with Gasteiger partial charge in [0, 0.05) is 11.9 Å². The third kappa shape index (κ3) is 32.8. The van der Waals surface area contributed by atoms with Crippen LogP contribution in [0.25, 0.3) is 0 Å². The van der Waals surface area contributed by atoms with Crippen molar-refractivity contribution in [2.24, 2.45) is 0 Å². The quantitative estimate of drug-likeness (QED) is 0.0182. The number of rotatable bonds is 34. The molecular formula is C34H70NO8P. The molecule has 3 atom stereocenters. The zero-order valence-corrected chi connectivity index (χ0v) is 29.3. The molecule has 0 amide bonds. The van der Waals surface area contributed by atoms with E-state index in [-0.39, 0.29) is 6.61 Å². The Kier molecular flexibility index (Phi) is 24.6. The minimum atomic E-state index is -4.60. The van der Waals surface area contributed by atoms with E-state index >= 15 is 0 Å². The minimum absolute atomic E-state index is 0.0595. The third-order valence-corrected chi connectivity index (χ3v) is 8.65. The first-order chi connectivity index (χ1) is 22.7. The van der Waals surface area contributed by atoms with Crippen LogP contribution in [0.1, 0.15) is 166 Å². The van der Waals surface area contributed by atoms with Gasteiger partial charge in [0.1, 0.15) is 19.8 Å². The van der Waals surface area contributed by atoms with Crippen molar-refractivity contribution in [2.75, 3.05) is 47.5 Å². The molecule has 0 fully saturated rings. The molecule has 0 aromatic heterocycles. The van der Waals surface area contributed by atoms with E-state index in [9.17, 15) is 14.3 Å². The normalized spacial score (nSPS) is 16.4. The van der Waals surface area contributed by atoms with Crippen LogP contribution < -0.4 is 4.89 Å². The first kappa shape index (κ1) is 36.3. The summed E-state index contributed by atoms with van der Waals surface area (Å²) in [7, 11) is 1.07. The lowest BCUT2D eigenvalue weighted by atomic mass is 10.0. The number of likely N-dealkylation sites (N-methyl/N-ethyl adjacent to an activating group) is 1. The van der Waals surface area contributed by atoms with Crippen molar-refractivity contribution in [3.8, 4) is 0 Å². The predicted molar refractivity (Wildman–Crippen MR) is 177 cm³/mol. The van der Waals surface area contributed by atoms with Crippen LogP contribution in [0.15, 0.2) is 0 Å². The molecule has 2 unspecified atom stereocenters. The fourth-order valence-corrected chi connectivity index (χ4v) is 5.56. The number of hydrogen-bond acceptors (Lipinski definition) is 8. The Bertz CT molecular complexity index is 817. The van der Waals surface area contributed by atoms with Crippen LogP contribution in [0.5, 0.6) is 0 Å². The topological polar surface area (TPSA) is 114 Å². The van der Waals surface area contributed by atoms with Crippen LogP contribution in [0.2, 0.25) is 0 Å². The van der Waals surface area contributed by atoms with Gasteiger partial charge in [-0.05, 0) is 6.42 Å². The van der Waals surface area contributed by atoms with E-state index in [2.05, 4.69) is 4.89 Å². The van der Waals surface area contributed by atoms with E-state index < -0.39 is 46.4 Å². The van der Waals surface area contributed by atoms with E-state index in [1.165, 1.54) is 96.3 Å². The van der Waals surface area contributed by atoms with Crippen molar-refractivity contribution in [1.29, 1.82) is 0 Å². The molecule has 0 aromatic rings. The lowest BCUT2D eigenvalue weighted by Gasteiger charge is -2.27. The molecule has 0 spiro atoms. The molecule has 0 radical (unpaired) electrons. The molecule has 0 rings (SSSR count). The van der Waals surface area contributed by atoms with Crippen molar-refractivity contribution in [3.63, 3.8) is 0 Å². The standard InChI is InChI=1S/C34H70NO8P/c1-5-6-7-8-9-10-11-12-13-14-15-16-17-18-19-20-21-22-23-24-25-26-27-28-34(36)40-31-33(43-37)32-42-44(38,39)41-30-29-35(2,3)4/h33H,5-32H2,1-4H3,(H-,37,38,39)/t33-/m1/s1/i1D3,28D/t28?,33-. The molecule has 0 aliphatic heterocycles. The highest BCUT2D eigenvalue weighted by molar-refractivity contribution is 7.45. The Labute approximate surface area is 276 Å². The van der Waals surface area contributed by atoms with Gasteiger partial charge in [-0.1, -0.05) is 148 Å². The number of nitrogens with zero attached hydrogens (tertiary/aromatic N) is 1. The molecule has 264 valence electrons. The molecule has 0 bridgehead atoms. The number of unbranched alkanes of at least 4 members (excludes halogenated alkanes) is 20. The van der Waals surface area contributed by atoms with Gasteiger partial charge in [0.2, 0.25) is 0 Å². The van der Waals surface area contributed by atoms with E-state index in [1.54, 1.807) is 0 Å². The maximum Gasteiger partial charge on any atom is 0.305 e. The zero-order valence-electron chi connectivity index (χ0n) is 32.4. The highest BCUT2D eigenvalue weighted by atomic mass is 31.2. The minimum Gasteiger partial charge on any atom is -0.756 e. The number of hydrogen-bond donors (Lipinski definition) is 1. The predicted octanol–water partition coefficient (Wildman–Crippen LogP) is 8.98. The number of esters is 1. The fraction of sp³-hybridized carbons (Fsp3) is 0.971. The summed E-state index contributed by atoms with van der Waals surface area (Å²) < 4.78 is 56.6. The number of ether oxygens (including phenoxy) is 1. The molecule has 0 aliphatic rings. The van der Waals surface area contributed by atoms with E-state index in [0.717, 1.165) is 38.5 Å². The van der Waals surface area contributed by atoms with E-state index in [4.69, 9.17) is 24.5 Å². The third-order valence-electron chi connectivity index (χ3n) is 7.68. The van der Waals surface area contributed by atoms with Gasteiger partial charge in [0.15, 0.2) is 6.10 Å². The first-order valence-electron chi connectivity index (χ1n) is 19.5. The molecule has 0 heterocycles. The Balaban J connectivity index is 3.56. The molecule has 1 N–H and O–H groups in total. The number of carbonyl (C=O) groups is 1. The Hall–Kier alpha value is -0.540. The van der Waals surface area contributed by atoms with E-state index in [0.29, 0.717) is 23.9 Å². The smallest absolute Gasteiger partial charge is 0.305 e. The van der Waals surface area contributed by atoms with Crippen LogP contribution in [-0.2, 0) is 28.0 Å². The van der Waals surface area contributed by atoms with Crippen molar-refractivity contribution < 1.29 is 48.1 Å². The largest absolute Gasteiger partial charge is 0.756 e. The van der Waals surface area contributed by atoms with Crippen molar-refractivity contribution in [2.45, 2.75) is 167 Å². The highest BCUT2D eigenvalue weighted by Crippen LogP contribution is 2.38. The van der Waals surface area contributed by atoms with Crippen LogP contribution >= 0.6 is 7.82 Å². The molecule has 0 aliphatic carbocycles. The Morgan fingerprint density at radius 2 is 1.14 bits per heavy atom. The van der Waals surface area contributed by atoms with Crippen molar-refractivity contribution in [1.82, 2.24) is 0 Å². The Morgan fingerprint density at radius 3 is 1.52 bits per heavy atom. The summed E-state index contributed by atoms with van der Waals surface area (Å²) in [6.45, 7) is -2.39. The van der Waals surface area contributed by atoms with Gasteiger partial charge in [-0.3, -0.25) is 14.6 Å². The first-order valence-corrected chi connectivity index (χ1v) is 18.9. The van der Waals surface area contributed by atoms with Gasteiger partial charge in [0.05, 0.1) is 27.7 Å². The molecule has 0 saturated carbocycles. The number of carbonyl (C=O) groups excluding carboxylic acids is 1. The van der Waals surface area contributed by atoms with Crippen LogP contribution in [0.3, 0.4) is 0 Å². The second-order valence-electron chi connectivity index (χ2n) is 13.1. The van der Waals surface area contributed by atoms with Gasteiger partial charge in [0.25, 0.3) is 7.82 Å². The summed E-state index contributed by atoms with van der Waals surface area (Å²) in [6.07, 6.45) is 23.8. The summed E-state index contributed by atoms with van der Waals surface area (Å²) in [5.74, 6) is -0.744. The van der Waals surface area contributed by atoms with Gasteiger partial charge >= 0.3 is 5.97 Å². The summed E-state index contributed by atoms with van der Waals surface area (Å²) in [5.41, 5.74) is 0. The lowest BCUT2D eigenvalue weighted by molar-refractivity contribution is -0.870. The second kappa shape index (κ2) is 29.8. The van der Waals surface area contributed by atoms with Gasteiger partial charge in [-0.15, -0.1) is 0 Å². The molecule has 10 heteroatoms. The Morgan fingerprint density at radius 1 is 0.727 bits per heavy atom. The average molecular weight is 656 g/mol. The number of quaternary nitrogens is 1. The molecule has 44 heavy (non-hydrogen) atoms. The molecular weight excluding hydrogens is 581 g/mol. The van der Waals surface area contributed by atoms with Gasteiger partial charge in [-0.25, -0.2) is 4.89 Å². The number of phosphoric acid groups is 1.